The second-order valence-corrected chi connectivity index (χ2v) is 11.2. The van der Waals surface area contributed by atoms with Gasteiger partial charge in [-0.1, -0.05) is 11.6 Å². The van der Waals surface area contributed by atoms with Crippen molar-refractivity contribution < 1.29 is 13.2 Å². The molecule has 4 heterocycles. The van der Waals surface area contributed by atoms with Gasteiger partial charge in [0.05, 0.1) is 29.2 Å². The molecule has 1 atom stereocenters. The van der Waals surface area contributed by atoms with Crippen LogP contribution in [-0.2, 0) is 10.0 Å². The number of likely N-dealkylation sites (tertiary alicyclic amines) is 1. The Balaban J connectivity index is 1.51. The van der Waals surface area contributed by atoms with E-state index in [9.17, 15) is 13.2 Å². The molecule has 0 radical (unpaired) electrons. The first kappa shape index (κ1) is 22.9. The molecule has 1 N–H and O–H groups in total. The largest absolute Gasteiger partial charge is 0.356 e. The molecule has 0 saturated carbocycles. The number of rotatable bonds is 5. The molecule has 180 valence electrons. The summed E-state index contributed by atoms with van der Waals surface area (Å²) in [7, 11) is -3.56. The summed E-state index contributed by atoms with van der Waals surface area (Å²) >= 11 is 6.18. The van der Waals surface area contributed by atoms with Crippen LogP contribution in [0.2, 0.25) is 5.02 Å². The van der Waals surface area contributed by atoms with Crippen molar-refractivity contribution >= 4 is 44.7 Å². The molecular formula is C23H27ClN6O3S. The van der Waals surface area contributed by atoms with Gasteiger partial charge in [-0.15, -0.1) is 0 Å². The van der Waals surface area contributed by atoms with Crippen molar-refractivity contribution in [3.8, 4) is 0 Å². The van der Waals surface area contributed by atoms with Gasteiger partial charge in [-0.05, 0) is 50.8 Å². The van der Waals surface area contributed by atoms with Gasteiger partial charge in [-0.25, -0.2) is 17.9 Å². The molecule has 2 aliphatic heterocycles. The lowest BCUT2D eigenvalue weighted by Gasteiger charge is -2.35. The number of amides is 1. The molecule has 11 heteroatoms. The summed E-state index contributed by atoms with van der Waals surface area (Å²) in [5, 5.41) is 5.17. The maximum absolute atomic E-state index is 13.7. The van der Waals surface area contributed by atoms with E-state index in [0.717, 1.165) is 61.5 Å². The summed E-state index contributed by atoms with van der Waals surface area (Å²) in [5.74, 6) is 0.677. The van der Waals surface area contributed by atoms with Crippen LogP contribution in [0.4, 0.5) is 11.5 Å². The maximum Gasteiger partial charge on any atom is 0.256 e. The van der Waals surface area contributed by atoms with Crippen LogP contribution in [0.5, 0.6) is 0 Å². The minimum atomic E-state index is -3.56. The minimum absolute atomic E-state index is 0.216. The quantitative estimate of drug-likeness (QED) is 0.571. The lowest BCUT2D eigenvalue weighted by Crippen LogP contribution is -2.39. The number of halogens is 1. The van der Waals surface area contributed by atoms with Gasteiger partial charge in [-0.3, -0.25) is 9.52 Å². The van der Waals surface area contributed by atoms with Crippen LogP contribution in [0.3, 0.4) is 0 Å². The zero-order valence-electron chi connectivity index (χ0n) is 19.2. The number of sulfonamides is 1. The van der Waals surface area contributed by atoms with E-state index in [1.807, 2.05) is 23.6 Å². The Bertz CT molecular complexity index is 1370. The van der Waals surface area contributed by atoms with Crippen LogP contribution >= 0.6 is 11.6 Å². The third-order valence-electron chi connectivity index (χ3n) is 6.40. The molecule has 0 spiro atoms. The number of carbonyl (C=O) groups excluding carboxylic acids is 1. The minimum Gasteiger partial charge on any atom is -0.356 e. The van der Waals surface area contributed by atoms with Gasteiger partial charge in [0, 0.05) is 42.5 Å². The highest BCUT2D eigenvalue weighted by Gasteiger charge is 2.32. The second-order valence-electron chi connectivity index (χ2n) is 9.01. The van der Waals surface area contributed by atoms with Crippen molar-refractivity contribution in [2.45, 2.75) is 38.6 Å². The highest BCUT2D eigenvalue weighted by molar-refractivity contribution is 7.92. The van der Waals surface area contributed by atoms with Crippen molar-refractivity contribution in [1.29, 1.82) is 0 Å². The number of benzene rings is 1. The summed E-state index contributed by atoms with van der Waals surface area (Å²) in [6.07, 6.45) is 4.83. The number of nitrogens with zero attached hydrogens (tertiary/aromatic N) is 5. The molecule has 1 aromatic carbocycles. The van der Waals surface area contributed by atoms with Gasteiger partial charge < -0.3 is 9.80 Å². The number of nitrogens with one attached hydrogen (secondary N) is 1. The lowest BCUT2D eigenvalue weighted by molar-refractivity contribution is 0.0607. The molecule has 2 saturated heterocycles. The number of hydrogen-bond acceptors (Lipinski definition) is 6. The summed E-state index contributed by atoms with van der Waals surface area (Å²) in [6.45, 7) is 4.58. The zero-order valence-corrected chi connectivity index (χ0v) is 20.7. The molecule has 0 unspecified atom stereocenters. The van der Waals surface area contributed by atoms with Gasteiger partial charge in [0.1, 0.15) is 5.82 Å². The average Bonchev–Trinajstić information content (AvgIpc) is 3.17. The Labute approximate surface area is 203 Å². The summed E-state index contributed by atoms with van der Waals surface area (Å²) in [5.41, 5.74) is 2.97. The molecule has 0 bridgehead atoms. The fourth-order valence-corrected chi connectivity index (χ4v) is 5.36. The van der Waals surface area contributed by atoms with Crippen molar-refractivity contribution in [3.05, 3.63) is 52.3 Å². The SMILES string of the molecule is Cc1cc(N2CCC2)nc2cc([C@@H]3CCCCN3C(=O)c3cc(Cl)ccc3NS(C)(=O)=O)nn12. The van der Waals surface area contributed by atoms with E-state index in [2.05, 4.69) is 9.62 Å². The molecule has 5 rings (SSSR count). The number of anilines is 2. The van der Waals surface area contributed by atoms with Crippen molar-refractivity contribution in [3.63, 3.8) is 0 Å². The first-order valence-corrected chi connectivity index (χ1v) is 13.7. The molecule has 2 aliphatic rings. The van der Waals surface area contributed by atoms with E-state index < -0.39 is 10.0 Å². The molecule has 3 aromatic rings. The van der Waals surface area contributed by atoms with Crippen LogP contribution in [0.25, 0.3) is 5.65 Å². The molecular weight excluding hydrogens is 476 g/mol. The van der Waals surface area contributed by atoms with E-state index in [4.69, 9.17) is 21.7 Å². The number of hydrogen-bond donors (Lipinski definition) is 1. The van der Waals surface area contributed by atoms with E-state index >= 15 is 0 Å². The van der Waals surface area contributed by atoms with E-state index in [0.29, 0.717) is 11.6 Å². The third-order valence-corrected chi connectivity index (χ3v) is 7.23. The molecule has 0 aliphatic carbocycles. The third kappa shape index (κ3) is 4.44. The predicted octanol–water partition coefficient (Wildman–Crippen LogP) is 3.64. The van der Waals surface area contributed by atoms with Crippen molar-refractivity contribution in [2.24, 2.45) is 0 Å². The Kier molecular flexibility index (Phi) is 5.89. The Hall–Kier alpha value is -2.85. The molecule has 1 amide bonds. The smallest absolute Gasteiger partial charge is 0.256 e. The Morgan fingerprint density at radius 3 is 2.62 bits per heavy atom. The topological polar surface area (TPSA) is 99.9 Å². The molecule has 34 heavy (non-hydrogen) atoms. The Morgan fingerprint density at radius 2 is 1.91 bits per heavy atom. The number of aryl methyl sites for hydroxylation is 1. The van der Waals surface area contributed by atoms with Gasteiger partial charge in [0.2, 0.25) is 10.0 Å². The normalized spacial score (nSPS) is 18.7. The summed E-state index contributed by atoms with van der Waals surface area (Å²) < 4.78 is 28.0. The number of piperidine rings is 1. The summed E-state index contributed by atoms with van der Waals surface area (Å²) in [4.78, 5) is 22.5. The average molecular weight is 503 g/mol. The monoisotopic (exact) mass is 502 g/mol. The fraction of sp³-hybridized carbons (Fsp3) is 0.435. The van der Waals surface area contributed by atoms with E-state index in [1.165, 1.54) is 18.6 Å². The van der Waals surface area contributed by atoms with E-state index in [-0.39, 0.29) is 23.2 Å². The first-order chi connectivity index (χ1) is 16.2. The van der Waals surface area contributed by atoms with Crippen LogP contribution in [-0.4, -0.2) is 59.7 Å². The van der Waals surface area contributed by atoms with Crippen LogP contribution in [0.1, 0.15) is 53.5 Å². The van der Waals surface area contributed by atoms with Gasteiger partial charge in [-0.2, -0.15) is 5.10 Å². The number of fused-ring (bicyclic) bond motifs is 1. The van der Waals surface area contributed by atoms with Crippen molar-refractivity contribution in [2.75, 3.05) is 35.5 Å². The lowest BCUT2D eigenvalue weighted by atomic mass is 9.98. The zero-order chi connectivity index (χ0) is 24.0. The van der Waals surface area contributed by atoms with Crippen LogP contribution in [0, 0.1) is 6.92 Å². The number of aromatic nitrogens is 3. The van der Waals surface area contributed by atoms with Crippen LogP contribution < -0.4 is 9.62 Å². The molecule has 2 fully saturated rings. The first-order valence-electron chi connectivity index (χ1n) is 11.4. The molecule has 2 aromatic heterocycles. The van der Waals surface area contributed by atoms with Gasteiger partial charge >= 0.3 is 0 Å². The maximum atomic E-state index is 13.7. The highest BCUT2D eigenvalue weighted by Crippen LogP contribution is 2.34. The molecule has 9 nitrogen and oxygen atoms in total. The standard InChI is InChI=1S/C23H27ClN6O3S/c1-15-12-21(28-9-5-10-28)25-22-14-19(26-30(15)22)20-6-3-4-11-29(20)23(31)17-13-16(24)7-8-18(17)27-34(2,32)33/h7-8,12-14,20,27H,3-6,9-11H2,1-2H3/t20-/m0/s1. The van der Waals surface area contributed by atoms with Crippen LogP contribution in [0.15, 0.2) is 30.3 Å². The number of carbonyl (C=O) groups is 1. The Morgan fingerprint density at radius 1 is 1.12 bits per heavy atom. The van der Waals surface area contributed by atoms with Crippen molar-refractivity contribution in [1.82, 2.24) is 19.5 Å². The summed E-state index contributed by atoms with van der Waals surface area (Å²) in [6, 6.07) is 8.36. The van der Waals surface area contributed by atoms with Gasteiger partial charge in [0.25, 0.3) is 5.91 Å². The van der Waals surface area contributed by atoms with Gasteiger partial charge in [0.15, 0.2) is 5.65 Å². The predicted molar refractivity (Wildman–Crippen MR) is 132 cm³/mol. The second kappa shape index (κ2) is 8.74. The fourth-order valence-electron chi connectivity index (χ4n) is 4.61. The highest BCUT2D eigenvalue weighted by atomic mass is 35.5. The van der Waals surface area contributed by atoms with E-state index in [1.54, 1.807) is 11.0 Å².